The number of halogens is 2. The van der Waals surface area contributed by atoms with Crippen LogP contribution in [-0.4, -0.2) is 32.7 Å². The van der Waals surface area contributed by atoms with E-state index in [9.17, 15) is 4.79 Å². The molecule has 1 aromatic heterocycles. The van der Waals surface area contributed by atoms with Crippen LogP contribution >= 0.6 is 23.2 Å². The SMILES string of the molecule is CCCn1nnnc1NC(=O)COc1ccc(Cl)cc1Cl. The monoisotopic (exact) mass is 329 g/mol. The van der Waals surface area contributed by atoms with Gasteiger partial charge in [-0.15, -0.1) is 0 Å². The lowest BCUT2D eigenvalue weighted by atomic mass is 10.3. The smallest absolute Gasteiger partial charge is 0.264 e. The van der Waals surface area contributed by atoms with E-state index in [1.165, 1.54) is 10.7 Å². The fourth-order valence-corrected chi connectivity index (χ4v) is 2.02. The summed E-state index contributed by atoms with van der Waals surface area (Å²) >= 11 is 11.7. The minimum atomic E-state index is -0.381. The highest BCUT2D eigenvalue weighted by Crippen LogP contribution is 2.27. The number of ether oxygens (including phenoxy) is 1. The Morgan fingerprint density at radius 3 is 2.95 bits per heavy atom. The first-order chi connectivity index (χ1) is 10.1. The van der Waals surface area contributed by atoms with E-state index in [-0.39, 0.29) is 18.5 Å². The fraction of sp³-hybridized carbons (Fsp3) is 0.333. The maximum Gasteiger partial charge on any atom is 0.264 e. The number of tetrazole rings is 1. The first-order valence-corrected chi connectivity index (χ1v) is 6.99. The summed E-state index contributed by atoms with van der Waals surface area (Å²) in [5.41, 5.74) is 0. The summed E-state index contributed by atoms with van der Waals surface area (Å²) in [6.07, 6.45) is 0.852. The molecule has 0 bridgehead atoms. The predicted octanol–water partition coefficient (Wildman–Crippen LogP) is 2.41. The van der Waals surface area contributed by atoms with Crippen LogP contribution in [0.15, 0.2) is 18.2 Å². The Morgan fingerprint density at radius 1 is 1.43 bits per heavy atom. The number of carbonyl (C=O) groups is 1. The molecular weight excluding hydrogens is 317 g/mol. The Labute approximate surface area is 131 Å². The number of carbonyl (C=O) groups excluding carboxylic acids is 1. The number of benzene rings is 1. The standard InChI is InChI=1S/C12H13Cl2N5O2/c1-2-5-19-12(16-17-18-19)15-11(20)7-21-10-4-3-8(13)6-9(10)14/h3-4,6H,2,5,7H2,1H3,(H,15,16,18,20). The van der Waals surface area contributed by atoms with E-state index in [1.54, 1.807) is 12.1 Å². The van der Waals surface area contributed by atoms with E-state index >= 15 is 0 Å². The Hall–Kier alpha value is -1.86. The summed E-state index contributed by atoms with van der Waals surface area (Å²) in [6.45, 7) is 2.39. The lowest BCUT2D eigenvalue weighted by Crippen LogP contribution is -2.22. The summed E-state index contributed by atoms with van der Waals surface area (Å²) in [5, 5.41) is 14.4. The lowest BCUT2D eigenvalue weighted by molar-refractivity contribution is -0.118. The molecule has 0 fully saturated rings. The van der Waals surface area contributed by atoms with Crippen LogP contribution in [0.25, 0.3) is 0 Å². The van der Waals surface area contributed by atoms with Crippen molar-refractivity contribution in [1.29, 1.82) is 0 Å². The van der Waals surface area contributed by atoms with E-state index in [1.807, 2.05) is 6.92 Å². The van der Waals surface area contributed by atoms with Gasteiger partial charge in [-0.2, -0.15) is 0 Å². The summed E-state index contributed by atoms with van der Waals surface area (Å²) in [5.74, 6) is 0.283. The van der Waals surface area contributed by atoms with Crippen molar-refractivity contribution in [2.75, 3.05) is 11.9 Å². The van der Waals surface area contributed by atoms with Gasteiger partial charge in [0.25, 0.3) is 5.91 Å². The van der Waals surface area contributed by atoms with Crippen molar-refractivity contribution in [3.05, 3.63) is 28.2 Å². The molecule has 1 amide bonds. The van der Waals surface area contributed by atoms with Crippen LogP contribution in [0.2, 0.25) is 10.0 Å². The molecule has 1 N–H and O–H groups in total. The predicted molar refractivity (Wildman–Crippen MR) is 78.7 cm³/mol. The minimum Gasteiger partial charge on any atom is -0.482 e. The average molecular weight is 330 g/mol. The van der Waals surface area contributed by atoms with E-state index in [2.05, 4.69) is 20.8 Å². The van der Waals surface area contributed by atoms with Gasteiger partial charge in [0, 0.05) is 11.6 Å². The molecule has 0 radical (unpaired) electrons. The second-order valence-corrected chi connectivity index (χ2v) is 4.98. The molecule has 0 saturated carbocycles. The van der Waals surface area contributed by atoms with Crippen LogP contribution in [-0.2, 0) is 11.3 Å². The zero-order valence-electron chi connectivity index (χ0n) is 11.2. The molecular formula is C12H13Cl2N5O2. The van der Waals surface area contributed by atoms with Crippen molar-refractivity contribution in [2.45, 2.75) is 19.9 Å². The topological polar surface area (TPSA) is 81.9 Å². The Morgan fingerprint density at radius 2 is 2.24 bits per heavy atom. The van der Waals surface area contributed by atoms with E-state index in [4.69, 9.17) is 27.9 Å². The maximum absolute atomic E-state index is 11.8. The molecule has 0 aliphatic carbocycles. The number of hydrogen-bond donors (Lipinski definition) is 1. The van der Waals surface area contributed by atoms with Gasteiger partial charge in [-0.25, -0.2) is 4.68 Å². The molecule has 0 atom stereocenters. The quantitative estimate of drug-likeness (QED) is 0.879. The number of aryl methyl sites for hydroxylation is 1. The molecule has 0 spiro atoms. The van der Waals surface area contributed by atoms with Crippen LogP contribution in [0.4, 0.5) is 5.95 Å². The number of aromatic nitrogens is 4. The zero-order valence-corrected chi connectivity index (χ0v) is 12.7. The number of rotatable bonds is 6. The molecule has 0 aliphatic rings. The number of amides is 1. The molecule has 7 nitrogen and oxygen atoms in total. The molecule has 2 rings (SSSR count). The van der Waals surface area contributed by atoms with Gasteiger partial charge in [0.2, 0.25) is 5.95 Å². The molecule has 1 aromatic carbocycles. The molecule has 9 heteroatoms. The van der Waals surface area contributed by atoms with E-state index in [0.717, 1.165) is 6.42 Å². The Balaban J connectivity index is 1.91. The molecule has 1 heterocycles. The van der Waals surface area contributed by atoms with Crippen molar-refractivity contribution < 1.29 is 9.53 Å². The van der Waals surface area contributed by atoms with Gasteiger partial charge >= 0.3 is 0 Å². The summed E-state index contributed by atoms with van der Waals surface area (Å²) in [6, 6.07) is 4.76. The number of hydrogen-bond acceptors (Lipinski definition) is 5. The van der Waals surface area contributed by atoms with Crippen molar-refractivity contribution in [3.8, 4) is 5.75 Å². The van der Waals surface area contributed by atoms with Crippen LogP contribution < -0.4 is 10.1 Å². The molecule has 0 aliphatic heterocycles. The zero-order chi connectivity index (χ0) is 15.2. The van der Waals surface area contributed by atoms with Crippen LogP contribution in [0.1, 0.15) is 13.3 Å². The molecule has 112 valence electrons. The molecule has 21 heavy (non-hydrogen) atoms. The summed E-state index contributed by atoms with van der Waals surface area (Å²) < 4.78 is 6.83. The van der Waals surface area contributed by atoms with Gasteiger partial charge in [-0.05, 0) is 35.0 Å². The van der Waals surface area contributed by atoms with Gasteiger partial charge in [0.1, 0.15) is 5.75 Å². The first kappa shape index (κ1) is 15.5. The molecule has 0 saturated heterocycles. The van der Waals surface area contributed by atoms with Gasteiger partial charge in [-0.3, -0.25) is 10.1 Å². The van der Waals surface area contributed by atoms with E-state index in [0.29, 0.717) is 22.3 Å². The largest absolute Gasteiger partial charge is 0.482 e. The Kier molecular flexibility index (Phi) is 5.35. The third-order valence-corrected chi connectivity index (χ3v) is 3.00. The number of anilines is 1. The third-order valence-electron chi connectivity index (χ3n) is 2.47. The second-order valence-electron chi connectivity index (χ2n) is 4.14. The average Bonchev–Trinajstić information content (AvgIpc) is 2.85. The van der Waals surface area contributed by atoms with Crippen LogP contribution in [0, 0.1) is 0 Å². The first-order valence-electron chi connectivity index (χ1n) is 6.24. The van der Waals surface area contributed by atoms with Crippen molar-refractivity contribution in [1.82, 2.24) is 20.2 Å². The number of nitrogens with zero attached hydrogens (tertiary/aromatic N) is 4. The second kappa shape index (κ2) is 7.24. The third kappa shape index (κ3) is 4.30. The molecule has 0 unspecified atom stereocenters. The maximum atomic E-state index is 11.8. The highest BCUT2D eigenvalue weighted by atomic mass is 35.5. The minimum absolute atomic E-state index is 0.208. The lowest BCUT2D eigenvalue weighted by Gasteiger charge is -2.08. The van der Waals surface area contributed by atoms with Crippen molar-refractivity contribution in [3.63, 3.8) is 0 Å². The van der Waals surface area contributed by atoms with Gasteiger partial charge < -0.3 is 4.74 Å². The van der Waals surface area contributed by atoms with Crippen molar-refractivity contribution >= 4 is 35.1 Å². The van der Waals surface area contributed by atoms with Crippen molar-refractivity contribution in [2.24, 2.45) is 0 Å². The highest BCUT2D eigenvalue weighted by Gasteiger charge is 2.11. The van der Waals surface area contributed by atoms with E-state index < -0.39 is 0 Å². The number of nitrogens with one attached hydrogen (secondary N) is 1. The normalized spacial score (nSPS) is 10.4. The summed E-state index contributed by atoms with van der Waals surface area (Å²) in [7, 11) is 0. The molecule has 2 aromatic rings. The van der Waals surface area contributed by atoms with Gasteiger partial charge in [-0.1, -0.05) is 35.2 Å². The van der Waals surface area contributed by atoms with Gasteiger partial charge in [0.05, 0.1) is 5.02 Å². The fourth-order valence-electron chi connectivity index (χ4n) is 1.55. The van der Waals surface area contributed by atoms with Gasteiger partial charge in [0.15, 0.2) is 6.61 Å². The van der Waals surface area contributed by atoms with Crippen LogP contribution in [0.3, 0.4) is 0 Å². The Bertz CT molecular complexity index is 632. The summed E-state index contributed by atoms with van der Waals surface area (Å²) in [4.78, 5) is 11.8. The highest BCUT2D eigenvalue weighted by molar-refractivity contribution is 6.35. The van der Waals surface area contributed by atoms with Crippen LogP contribution in [0.5, 0.6) is 5.75 Å².